The lowest BCUT2D eigenvalue weighted by molar-refractivity contribution is 1.18. The summed E-state index contributed by atoms with van der Waals surface area (Å²) in [6.45, 7) is 6.17. The van der Waals surface area contributed by atoms with E-state index in [0.717, 1.165) is 38.2 Å². The van der Waals surface area contributed by atoms with Gasteiger partial charge in [0.15, 0.2) is 4.96 Å². The highest BCUT2D eigenvalue weighted by atomic mass is 32.1. The van der Waals surface area contributed by atoms with E-state index in [-0.39, 0.29) is 5.56 Å². The summed E-state index contributed by atoms with van der Waals surface area (Å²) >= 11 is 1.45. The number of hydrogen-bond acceptors (Lipinski definition) is 3. The van der Waals surface area contributed by atoms with Crippen LogP contribution in [0.5, 0.6) is 0 Å². The minimum absolute atomic E-state index is 0.000402. The van der Waals surface area contributed by atoms with Crippen LogP contribution in [0.3, 0.4) is 0 Å². The number of aromatic nitrogens is 3. The third-order valence-corrected chi connectivity index (χ3v) is 6.04. The first-order chi connectivity index (χ1) is 12.5. The Balaban J connectivity index is 1.83. The van der Waals surface area contributed by atoms with Crippen LogP contribution in [0, 0.1) is 20.8 Å². The van der Waals surface area contributed by atoms with Gasteiger partial charge in [0, 0.05) is 22.2 Å². The lowest BCUT2D eigenvalue weighted by Crippen LogP contribution is -2.22. The zero-order chi connectivity index (χ0) is 18.0. The molecule has 0 aliphatic rings. The molecule has 0 aliphatic heterocycles. The van der Waals surface area contributed by atoms with Crippen molar-refractivity contribution in [1.29, 1.82) is 0 Å². The van der Waals surface area contributed by atoms with E-state index in [4.69, 9.17) is 0 Å². The Morgan fingerprint density at radius 2 is 1.88 bits per heavy atom. The Morgan fingerprint density at radius 3 is 2.73 bits per heavy atom. The molecule has 5 aromatic rings. The number of imidazole rings is 1. The maximum absolute atomic E-state index is 13.1. The fourth-order valence-electron chi connectivity index (χ4n) is 3.53. The van der Waals surface area contributed by atoms with Gasteiger partial charge < -0.3 is 4.98 Å². The first kappa shape index (κ1) is 15.3. The highest BCUT2D eigenvalue weighted by Crippen LogP contribution is 2.23. The fourth-order valence-corrected chi connectivity index (χ4v) is 4.50. The summed E-state index contributed by atoms with van der Waals surface area (Å²) < 4.78 is 2.45. The number of hydrogen-bond donors (Lipinski definition) is 1. The van der Waals surface area contributed by atoms with Crippen LogP contribution in [-0.4, -0.2) is 14.4 Å². The van der Waals surface area contributed by atoms with Crippen LogP contribution in [0.4, 0.5) is 0 Å². The molecule has 26 heavy (non-hydrogen) atoms. The minimum atomic E-state index is 0.000402. The second-order valence-electron chi connectivity index (χ2n) is 6.78. The standard InChI is InChI=1S/C21H17N3OS/c1-11-8-17-18(9-12(11)2)24-20(25)19(26-21(24)23-17)10-15-13(3)22-16-7-5-4-6-14(15)16/h4-10,22H,1-3H3/b19-10-. The first-order valence-electron chi connectivity index (χ1n) is 8.54. The largest absolute Gasteiger partial charge is 0.358 e. The molecule has 0 amide bonds. The fraction of sp³-hybridized carbons (Fsp3) is 0.143. The minimum Gasteiger partial charge on any atom is -0.358 e. The molecule has 1 N–H and O–H groups in total. The molecule has 4 nitrogen and oxygen atoms in total. The smallest absolute Gasteiger partial charge is 0.274 e. The molecule has 0 spiro atoms. The van der Waals surface area contributed by atoms with Gasteiger partial charge in [-0.15, -0.1) is 0 Å². The summed E-state index contributed by atoms with van der Waals surface area (Å²) in [5.74, 6) is 0. The summed E-state index contributed by atoms with van der Waals surface area (Å²) in [6.07, 6.45) is 1.99. The van der Waals surface area contributed by atoms with Crippen molar-refractivity contribution in [1.82, 2.24) is 14.4 Å². The van der Waals surface area contributed by atoms with Crippen molar-refractivity contribution in [3.8, 4) is 0 Å². The molecule has 0 atom stereocenters. The molecule has 0 radical (unpaired) electrons. The summed E-state index contributed by atoms with van der Waals surface area (Å²) in [4.78, 5) is 21.9. The Labute approximate surface area is 153 Å². The number of nitrogens with one attached hydrogen (secondary N) is 1. The highest BCUT2D eigenvalue weighted by molar-refractivity contribution is 7.15. The molecule has 0 saturated heterocycles. The van der Waals surface area contributed by atoms with Gasteiger partial charge in [-0.3, -0.25) is 4.79 Å². The molecular formula is C21H17N3OS. The number of fused-ring (bicyclic) bond motifs is 4. The second-order valence-corrected chi connectivity index (χ2v) is 7.79. The van der Waals surface area contributed by atoms with Gasteiger partial charge >= 0.3 is 0 Å². The topological polar surface area (TPSA) is 50.2 Å². The highest BCUT2D eigenvalue weighted by Gasteiger charge is 2.13. The molecule has 3 aromatic heterocycles. The summed E-state index contributed by atoms with van der Waals surface area (Å²) in [5, 5.41) is 1.13. The van der Waals surface area contributed by atoms with Crippen molar-refractivity contribution in [2.24, 2.45) is 0 Å². The van der Waals surface area contributed by atoms with Crippen LogP contribution in [0.25, 0.3) is 33.0 Å². The van der Waals surface area contributed by atoms with Crippen molar-refractivity contribution >= 4 is 44.3 Å². The zero-order valence-corrected chi connectivity index (χ0v) is 15.6. The number of para-hydroxylation sites is 1. The van der Waals surface area contributed by atoms with Crippen LogP contribution in [0.1, 0.15) is 22.4 Å². The van der Waals surface area contributed by atoms with E-state index >= 15 is 0 Å². The average Bonchev–Trinajstić information content (AvgIpc) is 3.21. The van der Waals surface area contributed by atoms with Gasteiger partial charge in [-0.05, 0) is 56.2 Å². The molecule has 0 bridgehead atoms. The number of nitrogens with zero attached hydrogens (tertiary/aromatic N) is 2. The lowest BCUT2D eigenvalue weighted by atomic mass is 10.1. The van der Waals surface area contributed by atoms with Crippen molar-refractivity contribution < 1.29 is 0 Å². The van der Waals surface area contributed by atoms with Crippen LogP contribution in [0.2, 0.25) is 0 Å². The lowest BCUT2D eigenvalue weighted by Gasteiger charge is -1.98. The monoisotopic (exact) mass is 359 g/mol. The van der Waals surface area contributed by atoms with Gasteiger partial charge in [0.25, 0.3) is 5.56 Å². The molecule has 3 heterocycles. The summed E-state index contributed by atoms with van der Waals surface area (Å²) in [6, 6.07) is 12.3. The third-order valence-electron chi connectivity index (χ3n) is 5.07. The summed E-state index contributed by atoms with van der Waals surface area (Å²) in [7, 11) is 0. The van der Waals surface area contributed by atoms with Crippen LogP contribution < -0.4 is 10.1 Å². The second kappa shape index (κ2) is 5.29. The van der Waals surface area contributed by atoms with Crippen LogP contribution >= 0.6 is 11.3 Å². The predicted octanol–water partition coefficient (Wildman–Crippen LogP) is 3.86. The SMILES string of the molecule is Cc1cc2nc3s/c(=C\c4c(C)[nH]c5ccccc45)c(=O)n3c2cc1C. The summed E-state index contributed by atoms with van der Waals surface area (Å²) in [5.41, 5.74) is 7.35. The molecular weight excluding hydrogens is 342 g/mol. The number of aryl methyl sites for hydroxylation is 3. The van der Waals surface area contributed by atoms with Crippen molar-refractivity contribution in [2.45, 2.75) is 20.8 Å². The number of H-pyrrole nitrogens is 1. The Morgan fingerprint density at radius 1 is 1.12 bits per heavy atom. The normalized spacial score (nSPS) is 12.8. The van der Waals surface area contributed by atoms with E-state index in [1.165, 1.54) is 22.5 Å². The Hall–Kier alpha value is -2.92. The van der Waals surface area contributed by atoms with Crippen molar-refractivity contribution in [3.05, 3.63) is 73.7 Å². The van der Waals surface area contributed by atoms with E-state index < -0.39 is 0 Å². The Bertz CT molecular complexity index is 1440. The number of rotatable bonds is 1. The van der Waals surface area contributed by atoms with Crippen molar-refractivity contribution in [3.63, 3.8) is 0 Å². The van der Waals surface area contributed by atoms with E-state index in [1.807, 2.05) is 25.1 Å². The number of aromatic amines is 1. The third kappa shape index (κ3) is 2.07. The number of benzene rings is 2. The molecule has 5 heteroatoms. The van der Waals surface area contributed by atoms with Gasteiger partial charge in [-0.2, -0.15) is 0 Å². The maximum Gasteiger partial charge on any atom is 0.274 e. The predicted molar refractivity (Wildman–Crippen MR) is 108 cm³/mol. The van der Waals surface area contributed by atoms with Gasteiger partial charge in [0.2, 0.25) is 0 Å². The Kier molecular flexibility index (Phi) is 3.12. The molecule has 0 unspecified atom stereocenters. The van der Waals surface area contributed by atoms with Gasteiger partial charge in [0.05, 0.1) is 15.6 Å². The van der Waals surface area contributed by atoms with Gasteiger partial charge in [-0.25, -0.2) is 9.38 Å². The maximum atomic E-state index is 13.1. The number of thiazole rings is 1. The molecule has 2 aromatic carbocycles. The van der Waals surface area contributed by atoms with Crippen molar-refractivity contribution in [2.75, 3.05) is 0 Å². The molecule has 0 aliphatic carbocycles. The van der Waals surface area contributed by atoms with E-state index in [0.29, 0.717) is 4.53 Å². The van der Waals surface area contributed by atoms with E-state index in [2.05, 4.69) is 48.1 Å². The van der Waals surface area contributed by atoms with Gasteiger partial charge in [0.1, 0.15) is 0 Å². The average molecular weight is 359 g/mol. The van der Waals surface area contributed by atoms with E-state index in [9.17, 15) is 4.79 Å². The van der Waals surface area contributed by atoms with E-state index in [1.54, 1.807) is 4.40 Å². The molecule has 0 fully saturated rings. The molecule has 0 saturated carbocycles. The molecule has 128 valence electrons. The molecule has 5 rings (SSSR count). The van der Waals surface area contributed by atoms with Gasteiger partial charge in [-0.1, -0.05) is 29.5 Å². The van der Waals surface area contributed by atoms with Crippen LogP contribution in [0.15, 0.2) is 41.2 Å². The zero-order valence-electron chi connectivity index (χ0n) is 14.8. The first-order valence-corrected chi connectivity index (χ1v) is 9.36. The van der Waals surface area contributed by atoms with Crippen LogP contribution in [-0.2, 0) is 0 Å². The quantitative estimate of drug-likeness (QED) is 0.494.